The summed E-state index contributed by atoms with van der Waals surface area (Å²) in [7, 11) is 1.81. The van der Waals surface area contributed by atoms with Gasteiger partial charge in [0.25, 0.3) is 5.91 Å². The van der Waals surface area contributed by atoms with Gasteiger partial charge in [-0.1, -0.05) is 0 Å². The van der Waals surface area contributed by atoms with Crippen LogP contribution in [0.4, 0.5) is 0 Å². The number of piperidine rings is 1. The molecule has 1 aliphatic rings. The zero-order chi connectivity index (χ0) is 19.4. The van der Waals surface area contributed by atoms with E-state index in [1.54, 1.807) is 28.9 Å². The summed E-state index contributed by atoms with van der Waals surface area (Å²) in [4.78, 5) is 31.0. The molecule has 3 rings (SSSR count). The number of hydrogen-bond acceptors (Lipinski definition) is 6. The molecule has 3 N–H and O–H groups in total. The summed E-state index contributed by atoms with van der Waals surface area (Å²) in [6.45, 7) is 3.12. The van der Waals surface area contributed by atoms with Crippen molar-refractivity contribution < 1.29 is 14.0 Å². The minimum absolute atomic E-state index is 0. The second-order valence-electron chi connectivity index (χ2n) is 6.82. The van der Waals surface area contributed by atoms with E-state index >= 15 is 0 Å². The average Bonchev–Trinajstić information content (AvgIpc) is 3.25. The van der Waals surface area contributed by atoms with Gasteiger partial charge in [-0.05, 0) is 26.2 Å². The molecule has 9 nitrogen and oxygen atoms in total. The Labute approximate surface area is 170 Å². The van der Waals surface area contributed by atoms with Crippen LogP contribution in [0.5, 0.6) is 0 Å². The van der Waals surface area contributed by atoms with Crippen molar-refractivity contribution in [3.63, 3.8) is 0 Å². The average molecular weight is 411 g/mol. The highest BCUT2D eigenvalue weighted by Gasteiger charge is 2.31. The number of aryl methyl sites for hydroxylation is 2. The van der Waals surface area contributed by atoms with Gasteiger partial charge in [-0.15, -0.1) is 12.4 Å². The Kier molecular flexibility index (Phi) is 7.59. The van der Waals surface area contributed by atoms with Gasteiger partial charge in [0.05, 0.1) is 11.8 Å². The molecule has 0 bridgehead atoms. The van der Waals surface area contributed by atoms with Crippen LogP contribution in [0.15, 0.2) is 16.8 Å². The second-order valence-corrected chi connectivity index (χ2v) is 6.82. The summed E-state index contributed by atoms with van der Waals surface area (Å²) >= 11 is 0. The molecule has 2 aromatic heterocycles. The first-order chi connectivity index (χ1) is 13.0. The first-order valence-corrected chi connectivity index (χ1v) is 9.23. The molecule has 0 aliphatic carbocycles. The van der Waals surface area contributed by atoms with E-state index in [1.165, 1.54) is 0 Å². The molecule has 0 spiro atoms. The maximum atomic E-state index is 13.1. The fourth-order valence-corrected chi connectivity index (χ4v) is 3.32. The Morgan fingerprint density at radius 3 is 2.86 bits per heavy atom. The number of halogens is 1. The van der Waals surface area contributed by atoms with Crippen molar-refractivity contribution in [2.75, 3.05) is 19.6 Å². The highest BCUT2D eigenvalue weighted by Crippen LogP contribution is 2.24. The van der Waals surface area contributed by atoms with E-state index < -0.39 is 0 Å². The molecule has 2 amide bonds. The van der Waals surface area contributed by atoms with E-state index in [0.717, 1.165) is 24.8 Å². The van der Waals surface area contributed by atoms with Crippen molar-refractivity contribution in [3.05, 3.63) is 23.8 Å². The van der Waals surface area contributed by atoms with Crippen molar-refractivity contribution in [1.29, 1.82) is 0 Å². The summed E-state index contributed by atoms with van der Waals surface area (Å²) in [6.07, 6.45) is 6.54. The summed E-state index contributed by atoms with van der Waals surface area (Å²) in [5.41, 5.74) is 6.45. The summed E-state index contributed by atoms with van der Waals surface area (Å²) in [6, 6.07) is -0.0501. The van der Waals surface area contributed by atoms with Crippen LogP contribution in [0.25, 0.3) is 11.5 Å². The Morgan fingerprint density at radius 1 is 1.39 bits per heavy atom. The number of likely N-dealkylation sites (tertiary alicyclic amines) is 1. The number of nitrogens with two attached hydrogens (primary N) is 1. The maximum absolute atomic E-state index is 13.1. The smallest absolute Gasteiger partial charge is 0.276 e. The lowest BCUT2D eigenvalue weighted by atomic mass is 10.0. The van der Waals surface area contributed by atoms with Crippen molar-refractivity contribution >= 4 is 24.2 Å². The van der Waals surface area contributed by atoms with Crippen molar-refractivity contribution in [2.45, 2.75) is 38.6 Å². The lowest BCUT2D eigenvalue weighted by Crippen LogP contribution is -2.49. The van der Waals surface area contributed by atoms with Crippen molar-refractivity contribution in [1.82, 2.24) is 25.0 Å². The van der Waals surface area contributed by atoms with E-state index in [1.807, 2.05) is 7.05 Å². The standard InChI is InChI=1S/C18H26N6O3.ClH/c1-12-16(22-17(27-12)13-9-21-23(2)11-13)18(26)24-8-4-3-5-14(24)10-20-15(25)6-7-19;/h9,11,14H,3-8,10,19H2,1-2H3,(H,20,25);1H. The van der Waals surface area contributed by atoms with Gasteiger partial charge in [0.2, 0.25) is 11.8 Å². The number of rotatable bonds is 6. The summed E-state index contributed by atoms with van der Waals surface area (Å²) in [5.74, 6) is 0.611. The SMILES string of the molecule is Cc1oc(-c2cnn(C)c2)nc1C(=O)N1CCCCC1CNC(=O)CCN.Cl. The first kappa shape index (κ1) is 21.9. The summed E-state index contributed by atoms with van der Waals surface area (Å²) < 4.78 is 7.35. The largest absolute Gasteiger partial charge is 0.440 e. The van der Waals surface area contributed by atoms with Crippen LogP contribution in [0.2, 0.25) is 0 Å². The Balaban J connectivity index is 0.00000280. The van der Waals surface area contributed by atoms with Gasteiger partial charge in [0.15, 0.2) is 5.69 Å². The zero-order valence-corrected chi connectivity index (χ0v) is 17.0. The number of carbonyl (C=O) groups is 2. The predicted molar refractivity (Wildman–Crippen MR) is 106 cm³/mol. The number of carbonyl (C=O) groups excluding carboxylic acids is 2. The molecule has 28 heavy (non-hydrogen) atoms. The van der Waals surface area contributed by atoms with Gasteiger partial charge in [0.1, 0.15) is 5.76 Å². The van der Waals surface area contributed by atoms with Gasteiger partial charge in [-0.3, -0.25) is 14.3 Å². The topological polar surface area (TPSA) is 119 Å². The maximum Gasteiger partial charge on any atom is 0.276 e. The molecule has 1 atom stereocenters. The van der Waals surface area contributed by atoms with Crippen LogP contribution in [-0.2, 0) is 11.8 Å². The van der Waals surface area contributed by atoms with E-state index in [9.17, 15) is 9.59 Å². The monoisotopic (exact) mass is 410 g/mol. The van der Waals surface area contributed by atoms with E-state index in [2.05, 4.69) is 15.4 Å². The van der Waals surface area contributed by atoms with E-state index in [4.69, 9.17) is 10.2 Å². The van der Waals surface area contributed by atoms with E-state index in [-0.39, 0.29) is 36.7 Å². The zero-order valence-electron chi connectivity index (χ0n) is 16.2. The predicted octanol–water partition coefficient (Wildman–Crippen LogP) is 1.27. The summed E-state index contributed by atoms with van der Waals surface area (Å²) in [5, 5.41) is 6.98. The van der Waals surface area contributed by atoms with Crippen LogP contribution >= 0.6 is 12.4 Å². The number of nitrogens with zero attached hydrogens (tertiary/aromatic N) is 4. The normalized spacial score (nSPS) is 16.5. The minimum atomic E-state index is -0.163. The van der Waals surface area contributed by atoms with Crippen molar-refractivity contribution in [2.24, 2.45) is 12.8 Å². The molecule has 2 aromatic rings. The van der Waals surface area contributed by atoms with Gasteiger partial charge in [0, 0.05) is 45.3 Å². The Bertz CT molecular complexity index is 818. The molecule has 3 heterocycles. The van der Waals surface area contributed by atoms with Gasteiger partial charge >= 0.3 is 0 Å². The molecular formula is C18H27ClN6O3. The van der Waals surface area contributed by atoms with Gasteiger partial charge in [-0.2, -0.15) is 5.10 Å². The Morgan fingerprint density at radius 2 is 2.18 bits per heavy atom. The van der Waals surface area contributed by atoms with Crippen LogP contribution in [-0.4, -0.2) is 57.2 Å². The molecule has 0 saturated carbocycles. The molecular weight excluding hydrogens is 384 g/mol. The molecule has 154 valence electrons. The molecule has 10 heteroatoms. The lowest BCUT2D eigenvalue weighted by molar-refractivity contribution is -0.121. The van der Waals surface area contributed by atoms with Crippen LogP contribution in [0.1, 0.15) is 41.9 Å². The third kappa shape index (κ3) is 4.90. The molecule has 1 fully saturated rings. The van der Waals surface area contributed by atoms with Crippen LogP contribution in [0.3, 0.4) is 0 Å². The quantitative estimate of drug-likeness (QED) is 0.739. The number of oxazole rings is 1. The number of aromatic nitrogens is 3. The third-order valence-electron chi connectivity index (χ3n) is 4.75. The fraction of sp³-hybridized carbons (Fsp3) is 0.556. The molecule has 1 unspecified atom stereocenters. The third-order valence-corrected chi connectivity index (χ3v) is 4.75. The first-order valence-electron chi connectivity index (χ1n) is 9.23. The van der Waals surface area contributed by atoms with Gasteiger partial charge in [-0.25, -0.2) is 4.98 Å². The Hall–Kier alpha value is -2.39. The highest BCUT2D eigenvalue weighted by atomic mass is 35.5. The van der Waals surface area contributed by atoms with E-state index in [0.29, 0.717) is 37.0 Å². The number of nitrogens with one attached hydrogen (secondary N) is 1. The highest BCUT2D eigenvalue weighted by molar-refractivity contribution is 5.94. The fourth-order valence-electron chi connectivity index (χ4n) is 3.32. The lowest BCUT2D eigenvalue weighted by Gasteiger charge is -2.35. The number of hydrogen-bond donors (Lipinski definition) is 2. The molecule has 1 saturated heterocycles. The minimum Gasteiger partial charge on any atom is -0.440 e. The number of amides is 2. The molecule has 1 aliphatic heterocycles. The second kappa shape index (κ2) is 9.70. The van der Waals surface area contributed by atoms with Crippen molar-refractivity contribution in [3.8, 4) is 11.5 Å². The van der Waals surface area contributed by atoms with Crippen LogP contribution in [0, 0.1) is 6.92 Å². The molecule has 0 radical (unpaired) electrons. The molecule has 0 aromatic carbocycles. The van der Waals surface area contributed by atoms with Crippen LogP contribution < -0.4 is 11.1 Å². The van der Waals surface area contributed by atoms with Gasteiger partial charge < -0.3 is 20.4 Å².